The van der Waals surface area contributed by atoms with Crippen molar-refractivity contribution in [3.63, 3.8) is 0 Å². The summed E-state index contributed by atoms with van der Waals surface area (Å²) in [5.74, 6) is 0.272. The van der Waals surface area contributed by atoms with E-state index in [1.54, 1.807) is 19.0 Å². The quantitative estimate of drug-likeness (QED) is 0.373. The number of likely N-dealkylation sites (N-methyl/N-ethyl adjacent to an activating group) is 1. The van der Waals surface area contributed by atoms with Crippen molar-refractivity contribution in [2.75, 3.05) is 33.9 Å². The summed E-state index contributed by atoms with van der Waals surface area (Å²) in [5.41, 5.74) is 0. The number of halogens is 1. The van der Waals surface area contributed by atoms with Gasteiger partial charge in [-0.1, -0.05) is 6.92 Å². The highest BCUT2D eigenvalue weighted by Crippen LogP contribution is 2.37. The molecule has 2 N–H and O–H groups in total. The molecule has 2 atom stereocenters. The summed E-state index contributed by atoms with van der Waals surface area (Å²) in [4.78, 5) is 17.8. The number of nitrogens with one attached hydrogen (secondary N) is 2. The van der Waals surface area contributed by atoms with E-state index in [1.807, 2.05) is 0 Å². The summed E-state index contributed by atoms with van der Waals surface area (Å²) in [7, 11) is 3.48. The van der Waals surface area contributed by atoms with Crippen molar-refractivity contribution in [2.24, 2.45) is 4.99 Å². The lowest BCUT2D eigenvalue weighted by molar-refractivity contribution is -0.151. The second-order valence-corrected chi connectivity index (χ2v) is 6.60. The first kappa shape index (κ1) is 21.4. The van der Waals surface area contributed by atoms with Crippen LogP contribution in [0, 0.1) is 0 Å². The van der Waals surface area contributed by atoms with E-state index in [-0.39, 0.29) is 42.5 Å². The van der Waals surface area contributed by atoms with E-state index in [9.17, 15) is 4.79 Å². The van der Waals surface area contributed by atoms with Crippen molar-refractivity contribution in [3.05, 3.63) is 0 Å². The first-order valence-corrected chi connectivity index (χ1v) is 8.49. The Morgan fingerprint density at radius 2 is 2.04 bits per heavy atom. The predicted octanol–water partition coefficient (Wildman–Crippen LogP) is 1.32. The van der Waals surface area contributed by atoms with E-state index >= 15 is 0 Å². The number of nitrogens with zero attached hydrogens (tertiary/aromatic N) is 2. The average Bonchev–Trinajstić information content (AvgIpc) is 3.14. The van der Waals surface area contributed by atoms with Gasteiger partial charge in [0.2, 0.25) is 5.91 Å². The van der Waals surface area contributed by atoms with E-state index in [0.717, 1.165) is 25.7 Å². The molecule has 140 valence electrons. The van der Waals surface area contributed by atoms with Gasteiger partial charge in [0.25, 0.3) is 0 Å². The van der Waals surface area contributed by atoms with Gasteiger partial charge in [0.1, 0.15) is 6.54 Å². The lowest BCUT2D eigenvalue weighted by Crippen LogP contribution is -2.47. The minimum absolute atomic E-state index is 0. The molecule has 1 amide bonds. The van der Waals surface area contributed by atoms with Crippen LogP contribution in [-0.4, -0.2) is 68.5 Å². The number of aliphatic imine (C=N–C) groups is 1. The average molecular weight is 454 g/mol. The number of hydrogen-bond donors (Lipinski definition) is 2. The highest BCUT2D eigenvalue weighted by atomic mass is 127. The first-order valence-electron chi connectivity index (χ1n) is 8.49. The molecule has 1 spiro atoms. The molecule has 8 heteroatoms. The van der Waals surface area contributed by atoms with Gasteiger partial charge in [0.15, 0.2) is 11.7 Å². The molecule has 2 rings (SSSR count). The van der Waals surface area contributed by atoms with Crippen molar-refractivity contribution < 1.29 is 14.3 Å². The van der Waals surface area contributed by atoms with Gasteiger partial charge in [-0.15, -0.1) is 24.0 Å². The molecule has 7 nitrogen and oxygen atoms in total. The fraction of sp³-hybridized carbons (Fsp3) is 0.875. The molecular formula is C16H31IN4O3. The monoisotopic (exact) mass is 454 g/mol. The highest BCUT2D eigenvalue weighted by molar-refractivity contribution is 14.0. The molecule has 0 radical (unpaired) electrons. The standard InChI is InChI=1S/C16H30N4O3.HI/c1-5-12(2)18-15(17-11-14(21)20(3)4)19-13-6-7-16(10-13)22-8-9-23-16;/h12-13H,5-11H2,1-4H3,(H2,17,18,19);1H. The van der Waals surface area contributed by atoms with Gasteiger partial charge in [-0.25, -0.2) is 4.99 Å². The molecule has 0 bridgehead atoms. The summed E-state index contributed by atoms with van der Waals surface area (Å²) >= 11 is 0. The number of amides is 1. The number of guanidine groups is 1. The maximum atomic E-state index is 11.8. The topological polar surface area (TPSA) is 75.2 Å². The number of carbonyl (C=O) groups excluding carboxylic acids is 1. The molecule has 1 saturated heterocycles. The zero-order valence-electron chi connectivity index (χ0n) is 15.1. The Hall–Kier alpha value is -0.610. The lowest BCUT2D eigenvalue weighted by Gasteiger charge is -2.23. The van der Waals surface area contributed by atoms with Crippen LogP contribution in [0.3, 0.4) is 0 Å². The van der Waals surface area contributed by atoms with Crippen LogP contribution >= 0.6 is 24.0 Å². The second-order valence-electron chi connectivity index (χ2n) is 6.60. The zero-order valence-corrected chi connectivity index (χ0v) is 17.5. The molecule has 2 aliphatic rings. The molecule has 1 aliphatic carbocycles. The Kier molecular flexibility index (Phi) is 8.72. The largest absolute Gasteiger partial charge is 0.354 e. The van der Waals surface area contributed by atoms with Gasteiger partial charge in [0.05, 0.1) is 13.2 Å². The maximum Gasteiger partial charge on any atom is 0.243 e. The highest BCUT2D eigenvalue weighted by Gasteiger charge is 2.44. The minimum Gasteiger partial charge on any atom is -0.354 e. The molecule has 0 aromatic rings. The van der Waals surface area contributed by atoms with Crippen LogP contribution in [0.2, 0.25) is 0 Å². The molecule has 1 heterocycles. The third kappa shape index (κ3) is 6.03. The number of rotatable bonds is 5. The van der Waals surface area contributed by atoms with Crippen LogP contribution in [0.4, 0.5) is 0 Å². The fourth-order valence-corrected chi connectivity index (χ4v) is 2.81. The Labute approximate surface area is 161 Å². The summed E-state index contributed by atoms with van der Waals surface area (Å²) in [6, 6.07) is 0.544. The third-order valence-corrected chi connectivity index (χ3v) is 4.45. The predicted molar refractivity (Wildman–Crippen MR) is 105 cm³/mol. The van der Waals surface area contributed by atoms with Crippen molar-refractivity contribution in [3.8, 4) is 0 Å². The van der Waals surface area contributed by atoms with Gasteiger partial charge >= 0.3 is 0 Å². The fourth-order valence-electron chi connectivity index (χ4n) is 2.81. The van der Waals surface area contributed by atoms with Gasteiger partial charge in [-0.2, -0.15) is 0 Å². The Morgan fingerprint density at radius 3 is 2.62 bits per heavy atom. The van der Waals surface area contributed by atoms with E-state index in [1.165, 1.54) is 0 Å². The molecule has 0 aromatic heterocycles. The number of ether oxygens (including phenoxy) is 2. The van der Waals surface area contributed by atoms with Gasteiger partial charge in [-0.05, 0) is 19.8 Å². The van der Waals surface area contributed by atoms with Crippen molar-refractivity contribution in [2.45, 2.75) is 57.4 Å². The van der Waals surface area contributed by atoms with Crippen LogP contribution in [-0.2, 0) is 14.3 Å². The first-order chi connectivity index (χ1) is 10.9. The van der Waals surface area contributed by atoms with E-state index in [0.29, 0.717) is 25.2 Å². The van der Waals surface area contributed by atoms with Gasteiger partial charge < -0.3 is 25.0 Å². The van der Waals surface area contributed by atoms with Crippen LogP contribution in [0.25, 0.3) is 0 Å². The molecule has 1 saturated carbocycles. The molecular weight excluding hydrogens is 423 g/mol. The smallest absolute Gasteiger partial charge is 0.243 e. The van der Waals surface area contributed by atoms with E-state index < -0.39 is 5.79 Å². The molecule has 1 aliphatic heterocycles. The van der Waals surface area contributed by atoms with E-state index in [2.05, 4.69) is 29.5 Å². The molecule has 0 aromatic carbocycles. The summed E-state index contributed by atoms with van der Waals surface area (Å²) in [5, 5.41) is 6.79. The maximum absolute atomic E-state index is 11.8. The van der Waals surface area contributed by atoms with Crippen molar-refractivity contribution in [1.82, 2.24) is 15.5 Å². The second kappa shape index (κ2) is 9.76. The Bertz CT molecular complexity index is 439. The van der Waals surface area contributed by atoms with Crippen LogP contribution in [0.1, 0.15) is 39.5 Å². The van der Waals surface area contributed by atoms with Crippen LogP contribution in [0.15, 0.2) is 4.99 Å². The third-order valence-electron chi connectivity index (χ3n) is 4.45. The summed E-state index contributed by atoms with van der Waals surface area (Å²) < 4.78 is 11.5. The normalized spacial score (nSPS) is 23.7. The van der Waals surface area contributed by atoms with E-state index in [4.69, 9.17) is 9.47 Å². The Balaban J connectivity index is 0.00000288. The Morgan fingerprint density at radius 1 is 1.38 bits per heavy atom. The zero-order chi connectivity index (χ0) is 16.9. The molecule has 2 unspecified atom stereocenters. The van der Waals surface area contributed by atoms with Gasteiger partial charge in [0, 0.05) is 39.0 Å². The lowest BCUT2D eigenvalue weighted by atomic mass is 10.2. The SMILES string of the molecule is CCC(C)NC(=NCC(=O)N(C)C)NC1CCC2(C1)OCCO2.I. The minimum atomic E-state index is -0.404. The van der Waals surface area contributed by atoms with Crippen molar-refractivity contribution >= 4 is 35.8 Å². The van der Waals surface area contributed by atoms with Crippen molar-refractivity contribution in [1.29, 1.82) is 0 Å². The number of hydrogen-bond acceptors (Lipinski definition) is 4. The van der Waals surface area contributed by atoms with Crippen LogP contribution in [0.5, 0.6) is 0 Å². The summed E-state index contributed by atoms with van der Waals surface area (Å²) in [6.07, 6.45) is 3.68. The molecule has 2 fully saturated rings. The van der Waals surface area contributed by atoms with Gasteiger partial charge in [-0.3, -0.25) is 4.79 Å². The van der Waals surface area contributed by atoms with Crippen LogP contribution < -0.4 is 10.6 Å². The number of carbonyl (C=O) groups is 1. The molecule has 24 heavy (non-hydrogen) atoms. The summed E-state index contributed by atoms with van der Waals surface area (Å²) in [6.45, 7) is 5.71.